The van der Waals surface area contributed by atoms with Crippen LogP contribution in [0.15, 0.2) is 23.1 Å². The number of alkyl carbamates (subject to hydrolysis) is 1. The molecule has 8 nitrogen and oxygen atoms in total. The van der Waals surface area contributed by atoms with Crippen molar-refractivity contribution in [1.82, 2.24) is 10.6 Å². The second-order valence-corrected chi connectivity index (χ2v) is 10.2. The first-order chi connectivity index (χ1) is 15.0. The maximum atomic E-state index is 12.3. The zero-order valence-electron chi connectivity index (χ0n) is 19.2. The number of rotatable bonds is 5. The van der Waals surface area contributed by atoms with Gasteiger partial charge >= 0.3 is 6.09 Å². The van der Waals surface area contributed by atoms with Gasteiger partial charge in [0.25, 0.3) is 11.1 Å². The third-order valence-electron chi connectivity index (χ3n) is 4.78. The van der Waals surface area contributed by atoms with E-state index < -0.39 is 17.6 Å². The molecule has 2 aliphatic rings. The Balaban J connectivity index is 1.89. The molecule has 2 fully saturated rings. The number of anilines is 1. The van der Waals surface area contributed by atoms with E-state index in [1.165, 1.54) is 0 Å². The summed E-state index contributed by atoms with van der Waals surface area (Å²) >= 11 is 0.886. The van der Waals surface area contributed by atoms with Crippen LogP contribution in [0.3, 0.4) is 0 Å². The summed E-state index contributed by atoms with van der Waals surface area (Å²) in [6, 6.07) is 5.58. The van der Waals surface area contributed by atoms with Gasteiger partial charge in [0, 0.05) is 24.7 Å². The van der Waals surface area contributed by atoms with Gasteiger partial charge in [0.15, 0.2) is 0 Å². The van der Waals surface area contributed by atoms with Gasteiger partial charge in [-0.05, 0) is 71.4 Å². The van der Waals surface area contributed by atoms with E-state index in [2.05, 4.69) is 15.5 Å². The first-order valence-corrected chi connectivity index (χ1v) is 11.6. The van der Waals surface area contributed by atoms with Crippen LogP contribution in [0, 0.1) is 0 Å². The first-order valence-electron chi connectivity index (χ1n) is 10.8. The Kier molecular flexibility index (Phi) is 7.38. The van der Waals surface area contributed by atoms with Crippen LogP contribution >= 0.6 is 11.8 Å². The summed E-state index contributed by atoms with van der Waals surface area (Å²) in [6.07, 6.45) is 2.96. The van der Waals surface area contributed by atoms with Crippen LogP contribution in [0.4, 0.5) is 15.3 Å². The number of amides is 3. The largest absolute Gasteiger partial charge is 0.489 e. The first kappa shape index (κ1) is 24.0. The molecular formula is C23H31N3O5S. The highest BCUT2D eigenvalue weighted by atomic mass is 32.2. The minimum absolute atomic E-state index is 0.0390. The van der Waals surface area contributed by atoms with E-state index in [1.54, 1.807) is 6.08 Å². The summed E-state index contributed by atoms with van der Waals surface area (Å²) in [5.41, 5.74) is 1.07. The van der Waals surface area contributed by atoms with Crippen LogP contribution < -0.4 is 20.3 Å². The topological polar surface area (TPSA) is 97.0 Å². The molecule has 2 heterocycles. The van der Waals surface area contributed by atoms with Crippen molar-refractivity contribution >= 4 is 40.8 Å². The molecule has 2 N–H and O–H groups in total. The second-order valence-electron chi connectivity index (χ2n) is 9.14. The lowest BCUT2D eigenvalue weighted by molar-refractivity contribution is -0.115. The van der Waals surface area contributed by atoms with Crippen LogP contribution in [-0.4, -0.2) is 48.1 Å². The predicted octanol–water partition coefficient (Wildman–Crippen LogP) is 4.29. The van der Waals surface area contributed by atoms with Gasteiger partial charge in [0.05, 0.1) is 16.7 Å². The van der Waals surface area contributed by atoms with Gasteiger partial charge in [0.1, 0.15) is 11.4 Å². The maximum absolute atomic E-state index is 12.3. The Morgan fingerprint density at radius 3 is 2.69 bits per heavy atom. The fourth-order valence-corrected chi connectivity index (χ4v) is 4.35. The summed E-state index contributed by atoms with van der Waals surface area (Å²) in [7, 11) is 0. The highest BCUT2D eigenvalue weighted by Crippen LogP contribution is 2.38. The number of hydrogen-bond acceptors (Lipinski definition) is 7. The zero-order valence-corrected chi connectivity index (χ0v) is 20.0. The summed E-state index contributed by atoms with van der Waals surface area (Å²) in [5.74, 6) is 0.297. The standard InChI is InChI=1S/C23H31N3O5S/c1-14(2)30-17-10-6-8-15(12-18-20(27)25-22(29)32-18)19(17)26-11-7-9-16(13-26)24-21(28)31-23(3,4)5/h6,8,10,12,14,16H,7,9,11,13H2,1-5H3,(H,24,28)(H,25,27,29). The maximum Gasteiger partial charge on any atom is 0.407 e. The van der Waals surface area contributed by atoms with Crippen molar-refractivity contribution in [2.75, 3.05) is 18.0 Å². The summed E-state index contributed by atoms with van der Waals surface area (Å²) in [4.78, 5) is 38.5. The van der Waals surface area contributed by atoms with Crippen molar-refractivity contribution in [3.63, 3.8) is 0 Å². The number of carbonyl (C=O) groups excluding carboxylic acids is 3. The van der Waals surface area contributed by atoms with E-state index in [0.717, 1.165) is 42.4 Å². The summed E-state index contributed by atoms with van der Waals surface area (Å²) in [5, 5.41) is 4.88. The molecule has 9 heteroatoms. The molecule has 1 unspecified atom stereocenters. The van der Waals surface area contributed by atoms with Crippen molar-refractivity contribution in [2.24, 2.45) is 0 Å². The molecule has 0 spiro atoms. The molecule has 1 aromatic rings. The molecule has 1 aromatic carbocycles. The van der Waals surface area contributed by atoms with E-state index >= 15 is 0 Å². The highest BCUT2D eigenvalue weighted by Gasteiger charge is 2.29. The molecule has 0 bridgehead atoms. The van der Waals surface area contributed by atoms with Crippen LogP contribution in [0.2, 0.25) is 0 Å². The fourth-order valence-electron chi connectivity index (χ4n) is 3.68. The summed E-state index contributed by atoms with van der Waals surface area (Å²) < 4.78 is 11.5. The van der Waals surface area contributed by atoms with Crippen molar-refractivity contribution < 1.29 is 23.9 Å². The van der Waals surface area contributed by atoms with Crippen LogP contribution in [0.25, 0.3) is 6.08 Å². The monoisotopic (exact) mass is 461 g/mol. The van der Waals surface area contributed by atoms with Gasteiger partial charge in [-0.2, -0.15) is 0 Å². The smallest absolute Gasteiger partial charge is 0.407 e. The Bertz CT molecular complexity index is 923. The van der Waals surface area contributed by atoms with Gasteiger partial charge < -0.3 is 19.7 Å². The molecule has 174 valence electrons. The van der Waals surface area contributed by atoms with E-state index in [9.17, 15) is 14.4 Å². The lowest BCUT2D eigenvalue weighted by Crippen LogP contribution is -2.49. The Morgan fingerprint density at radius 2 is 2.06 bits per heavy atom. The van der Waals surface area contributed by atoms with Crippen molar-refractivity contribution in [2.45, 2.75) is 65.2 Å². The van der Waals surface area contributed by atoms with E-state index in [0.29, 0.717) is 17.2 Å². The third-order valence-corrected chi connectivity index (χ3v) is 5.59. The number of para-hydroxylation sites is 1. The van der Waals surface area contributed by atoms with Crippen LogP contribution in [0.5, 0.6) is 5.75 Å². The van der Waals surface area contributed by atoms with E-state index in [1.807, 2.05) is 52.8 Å². The number of hydrogen-bond donors (Lipinski definition) is 2. The Hall–Kier alpha value is -2.68. The molecule has 0 aliphatic carbocycles. The van der Waals surface area contributed by atoms with Crippen molar-refractivity contribution in [1.29, 1.82) is 0 Å². The predicted molar refractivity (Wildman–Crippen MR) is 126 cm³/mol. The molecule has 0 radical (unpaired) electrons. The number of benzene rings is 1. The Labute approximate surface area is 193 Å². The molecule has 0 saturated carbocycles. The normalized spacial score (nSPS) is 20.5. The van der Waals surface area contributed by atoms with Gasteiger partial charge in [-0.25, -0.2) is 4.79 Å². The van der Waals surface area contributed by atoms with Gasteiger partial charge in [-0.15, -0.1) is 0 Å². The minimum Gasteiger partial charge on any atom is -0.489 e. The molecule has 0 aromatic heterocycles. The van der Waals surface area contributed by atoms with Gasteiger partial charge in [-0.1, -0.05) is 12.1 Å². The molecular weight excluding hydrogens is 430 g/mol. The molecule has 1 atom stereocenters. The summed E-state index contributed by atoms with van der Waals surface area (Å²) in [6.45, 7) is 10.8. The number of ether oxygens (including phenoxy) is 2. The lowest BCUT2D eigenvalue weighted by atomic mass is 10.0. The molecule has 32 heavy (non-hydrogen) atoms. The molecule has 3 amide bonds. The number of nitrogens with one attached hydrogen (secondary N) is 2. The van der Waals surface area contributed by atoms with Gasteiger partial charge in [0.2, 0.25) is 0 Å². The quantitative estimate of drug-likeness (QED) is 0.631. The average Bonchev–Trinajstić information content (AvgIpc) is 2.97. The highest BCUT2D eigenvalue weighted by molar-refractivity contribution is 8.18. The van der Waals surface area contributed by atoms with Crippen LogP contribution in [0.1, 0.15) is 53.0 Å². The molecule has 2 saturated heterocycles. The number of thioether (sulfide) groups is 1. The fraction of sp³-hybridized carbons (Fsp3) is 0.522. The lowest BCUT2D eigenvalue weighted by Gasteiger charge is -2.37. The minimum atomic E-state index is -0.563. The third kappa shape index (κ3) is 6.41. The number of nitrogens with zero attached hydrogens (tertiary/aromatic N) is 1. The number of carbonyl (C=O) groups is 3. The molecule has 2 aliphatic heterocycles. The number of piperidine rings is 1. The SMILES string of the molecule is CC(C)Oc1cccc(C=C2SC(=O)NC2=O)c1N1CCCC(NC(=O)OC(C)(C)C)C1. The second kappa shape index (κ2) is 9.85. The van der Waals surface area contributed by atoms with E-state index in [4.69, 9.17) is 9.47 Å². The van der Waals surface area contributed by atoms with Gasteiger partial charge in [-0.3, -0.25) is 14.9 Å². The number of imide groups is 1. The van der Waals surface area contributed by atoms with E-state index in [-0.39, 0.29) is 17.4 Å². The zero-order chi connectivity index (χ0) is 23.5. The van der Waals surface area contributed by atoms with Crippen molar-refractivity contribution in [3.8, 4) is 5.75 Å². The van der Waals surface area contributed by atoms with Crippen LogP contribution in [-0.2, 0) is 9.53 Å². The molecule has 3 rings (SSSR count). The van der Waals surface area contributed by atoms with Crippen molar-refractivity contribution in [3.05, 3.63) is 28.7 Å². The Morgan fingerprint density at radius 1 is 1.31 bits per heavy atom. The average molecular weight is 462 g/mol.